The minimum absolute atomic E-state index is 0.611. The number of halogens is 1. The smallest absolute Gasteiger partial charge is 0.163 e. The number of rotatable bonds is 3. The fourth-order valence-electron chi connectivity index (χ4n) is 2.79. The summed E-state index contributed by atoms with van der Waals surface area (Å²) in [5.41, 5.74) is 2.92. The molecule has 0 saturated carbocycles. The van der Waals surface area contributed by atoms with Crippen LogP contribution in [0, 0.1) is 0 Å². The van der Waals surface area contributed by atoms with Crippen LogP contribution in [0.4, 0.5) is 5.82 Å². The average Bonchev–Trinajstić information content (AvgIpc) is 3.23. The van der Waals surface area contributed by atoms with Crippen molar-refractivity contribution in [2.75, 3.05) is 23.1 Å². The number of anilines is 1. The van der Waals surface area contributed by atoms with Crippen molar-refractivity contribution < 1.29 is 0 Å². The molecule has 5 nitrogen and oxygen atoms in total. The summed E-state index contributed by atoms with van der Waals surface area (Å²) in [6, 6.07) is 1.90. The Morgan fingerprint density at radius 3 is 3.04 bits per heavy atom. The molecule has 1 N–H and O–H groups in total. The van der Waals surface area contributed by atoms with Crippen molar-refractivity contribution in [2.45, 2.75) is 13.3 Å². The topological polar surface area (TPSA) is 57.7 Å². The molecule has 0 aliphatic carbocycles. The molecule has 0 spiro atoms. The summed E-state index contributed by atoms with van der Waals surface area (Å²) in [6.45, 7) is 3.18. The Morgan fingerprint density at radius 2 is 2.26 bits per heavy atom. The zero-order chi connectivity index (χ0) is 15.8. The molecule has 3 aromatic heterocycles. The van der Waals surface area contributed by atoms with E-state index in [4.69, 9.17) is 16.6 Å². The Labute approximate surface area is 143 Å². The summed E-state index contributed by atoms with van der Waals surface area (Å²) in [5.74, 6) is 3.90. The van der Waals surface area contributed by atoms with Gasteiger partial charge in [-0.2, -0.15) is 0 Å². The number of hydrogen-bond acceptors (Lipinski definition) is 5. The van der Waals surface area contributed by atoms with Crippen LogP contribution >= 0.6 is 23.4 Å². The van der Waals surface area contributed by atoms with Crippen LogP contribution in [0.15, 0.2) is 24.7 Å². The van der Waals surface area contributed by atoms with Crippen molar-refractivity contribution in [3.63, 3.8) is 0 Å². The van der Waals surface area contributed by atoms with Crippen molar-refractivity contribution >= 4 is 40.2 Å². The molecule has 4 heterocycles. The van der Waals surface area contributed by atoms with Gasteiger partial charge in [-0.3, -0.25) is 0 Å². The lowest BCUT2D eigenvalue weighted by molar-refractivity contribution is 0.919. The van der Waals surface area contributed by atoms with Crippen LogP contribution in [0.25, 0.3) is 22.4 Å². The molecule has 0 unspecified atom stereocenters. The van der Waals surface area contributed by atoms with E-state index in [-0.39, 0.29) is 0 Å². The zero-order valence-electron chi connectivity index (χ0n) is 12.7. The van der Waals surface area contributed by atoms with Crippen LogP contribution in [-0.2, 0) is 6.42 Å². The first-order valence-corrected chi connectivity index (χ1v) is 9.11. The lowest BCUT2D eigenvalue weighted by Gasteiger charge is -2.19. The third-order valence-corrected chi connectivity index (χ3v) is 5.19. The van der Waals surface area contributed by atoms with Crippen LogP contribution < -0.4 is 4.90 Å². The summed E-state index contributed by atoms with van der Waals surface area (Å²) in [4.78, 5) is 19.2. The van der Waals surface area contributed by atoms with E-state index in [1.54, 1.807) is 6.20 Å². The second-order valence-corrected chi connectivity index (χ2v) is 6.96. The van der Waals surface area contributed by atoms with E-state index in [0.717, 1.165) is 47.0 Å². The van der Waals surface area contributed by atoms with Gasteiger partial charge in [-0.1, -0.05) is 18.5 Å². The molecule has 0 aromatic carbocycles. The third-order valence-electron chi connectivity index (χ3n) is 4.01. The summed E-state index contributed by atoms with van der Waals surface area (Å²) in [5, 5.41) is 1.56. The van der Waals surface area contributed by atoms with Gasteiger partial charge in [0.25, 0.3) is 0 Å². The summed E-state index contributed by atoms with van der Waals surface area (Å²) in [6.07, 6.45) is 6.41. The summed E-state index contributed by atoms with van der Waals surface area (Å²) < 4.78 is 0. The molecule has 1 aliphatic rings. The van der Waals surface area contributed by atoms with E-state index in [1.165, 1.54) is 5.56 Å². The maximum atomic E-state index is 6.09. The second-order valence-electron chi connectivity index (χ2n) is 5.45. The summed E-state index contributed by atoms with van der Waals surface area (Å²) in [7, 11) is 0. The van der Waals surface area contributed by atoms with Gasteiger partial charge in [0, 0.05) is 47.4 Å². The van der Waals surface area contributed by atoms with Crippen LogP contribution in [-0.4, -0.2) is 38.1 Å². The summed E-state index contributed by atoms with van der Waals surface area (Å²) >= 11 is 8.03. The number of H-pyrrole nitrogens is 1. The Hall–Kier alpha value is -1.79. The van der Waals surface area contributed by atoms with Crippen molar-refractivity contribution in [3.8, 4) is 11.4 Å². The van der Waals surface area contributed by atoms with Gasteiger partial charge in [0.2, 0.25) is 0 Å². The van der Waals surface area contributed by atoms with Gasteiger partial charge in [0.05, 0.1) is 10.9 Å². The number of aromatic nitrogens is 4. The first-order chi connectivity index (χ1) is 11.3. The average molecular weight is 346 g/mol. The molecule has 0 radical (unpaired) electrons. The molecule has 7 heteroatoms. The van der Waals surface area contributed by atoms with E-state index in [1.807, 2.05) is 30.2 Å². The third kappa shape index (κ3) is 2.66. The van der Waals surface area contributed by atoms with Crippen LogP contribution in [0.5, 0.6) is 0 Å². The molecule has 1 saturated heterocycles. The molecular weight excluding hydrogens is 330 g/mol. The highest BCUT2D eigenvalue weighted by Gasteiger charge is 2.19. The van der Waals surface area contributed by atoms with Crippen molar-refractivity contribution in [1.29, 1.82) is 0 Å². The van der Waals surface area contributed by atoms with E-state index in [2.05, 4.69) is 26.8 Å². The standard InChI is InChI=1S/C16H16ClN5S/c1-2-10-6-18-15(21-16(10)22-3-4-23-9-22)13-8-20-14-12(13)5-11(17)7-19-14/h5-8H,2-4,9H2,1H3,(H,19,20). The first kappa shape index (κ1) is 14.8. The number of fused-ring (bicyclic) bond motifs is 1. The maximum Gasteiger partial charge on any atom is 0.163 e. The van der Waals surface area contributed by atoms with E-state index in [9.17, 15) is 0 Å². The Balaban J connectivity index is 1.84. The fraction of sp³-hybridized carbons (Fsp3) is 0.312. The monoisotopic (exact) mass is 345 g/mol. The van der Waals surface area contributed by atoms with Gasteiger partial charge in [-0.15, -0.1) is 11.8 Å². The number of pyridine rings is 1. The van der Waals surface area contributed by atoms with Gasteiger partial charge >= 0.3 is 0 Å². The highest BCUT2D eigenvalue weighted by Crippen LogP contribution is 2.30. The molecule has 118 valence electrons. The van der Waals surface area contributed by atoms with Gasteiger partial charge < -0.3 is 9.88 Å². The van der Waals surface area contributed by atoms with E-state index < -0.39 is 0 Å². The van der Waals surface area contributed by atoms with Gasteiger partial charge in [-0.25, -0.2) is 15.0 Å². The van der Waals surface area contributed by atoms with Gasteiger partial charge in [-0.05, 0) is 12.5 Å². The maximum absolute atomic E-state index is 6.09. The quantitative estimate of drug-likeness (QED) is 0.783. The largest absolute Gasteiger partial charge is 0.346 e. The van der Waals surface area contributed by atoms with Crippen LogP contribution in [0.2, 0.25) is 5.02 Å². The predicted octanol–water partition coefficient (Wildman–Crippen LogP) is 3.75. The zero-order valence-corrected chi connectivity index (χ0v) is 14.3. The minimum atomic E-state index is 0.611. The predicted molar refractivity (Wildman–Crippen MR) is 96.2 cm³/mol. The Bertz CT molecular complexity index is 857. The molecule has 1 aliphatic heterocycles. The lowest BCUT2D eigenvalue weighted by Crippen LogP contribution is -2.21. The van der Waals surface area contributed by atoms with Crippen LogP contribution in [0.1, 0.15) is 12.5 Å². The fourth-order valence-corrected chi connectivity index (χ4v) is 3.90. The van der Waals surface area contributed by atoms with E-state index in [0.29, 0.717) is 10.8 Å². The number of nitrogens with one attached hydrogen (secondary N) is 1. The molecule has 0 amide bonds. The number of hydrogen-bond donors (Lipinski definition) is 1. The number of thioether (sulfide) groups is 1. The van der Waals surface area contributed by atoms with Crippen molar-refractivity contribution in [3.05, 3.63) is 35.2 Å². The first-order valence-electron chi connectivity index (χ1n) is 7.58. The highest BCUT2D eigenvalue weighted by atomic mass is 35.5. The van der Waals surface area contributed by atoms with Crippen molar-refractivity contribution in [1.82, 2.24) is 19.9 Å². The SMILES string of the molecule is CCc1cnc(-c2c[nH]c3ncc(Cl)cc23)nc1N1CCSC1. The highest BCUT2D eigenvalue weighted by molar-refractivity contribution is 7.99. The second kappa shape index (κ2) is 6.02. The van der Waals surface area contributed by atoms with Gasteiger partial charge in [0.15, 0.2) is 5.82 Å². The molecular formula is C16H16ClN5S. The Kier molecular flexibility index (Phi) is 3.87. The number of aromatic amines is 1. The number of nitrogens with zero attached hydrogens (tertiary/aromatic N) is 4. The van der Waals surface area contributed by atoms with E-state index >= 15 is 0 Å². The molecule has 3 aromatic rings. The molecule has 0 bridgehead atoms. The molecule has 1 fully saturated rings. The molecule has 4 rings (SSSR count). The van der Waals surface area contributed by atoms with Crippen molar-refractivity contribution in [2.24, 2.45) is 0 Å². The normalized spacial score (nSPS) is 14.8. The molecule has 23 heavy (non-hydrogen) atoms. The minimum Gasteiger partial charge on any atom is -0.346 e. The van der Waals surface area contributed by atoms with Gasteiger partial charge in [0.1, 0.15) is 11.5 Å². The Morgan fingerprint density at radius 1 is 1.35 bits per heavy atom. The molecule has 0 atom stereocenters. The number of aryl methyl sites for hydroxylation is 1. The lowest BCUT2D eigenvalue weighted by atomic mass is 10.2. The van der Waals surface area contributed by atoms with Crippen LogP contribution in [0.3, 0.4) is 0 Å².